The van der Waals surface area contributed by atoms with Crippen LogP contribution in [0.25, 0.3) is 4.85 Å². The molecular formula is C23H19BrN2. The number of halogens is 1. The Kier molecular flexibility index (Phi) is 4.63. The zero-order chi connectivity index (χ0) is 18.0. The smallest absolute Gasteiger partial charge is 0.283 e. The number of nitrogens with zero attached hydrogens (tertiary/aromatic N) is 2. The molecule has 0 unspecified atom stereocenters. The van der Waals surface area contributed by atoms with Crippen LogP contribution in [-0.4, -0.2) is 18.0 Å². The molecule has 4 rings (SSSR count). The molecular weight excluding hydrogens is 384 g/mol. The molecule has 1 saturated heterocycles. The van der Waals surface area contributed by atoms with Crippen molar-refractivity contribution in [3.05, 3.63) is 118 Å². The first-order valence-corrected chi connectivity index (χ1v) is 9.50. The molecule has 1 fully saturated rings. The lowest BCUT2D eigenvalue weighted by atomic mass is 9.80. The Morgan fingerprint density at radius 3 is 1.81 bits per heavy atom. The molecule has 2 nitrogen and oxygen atoms in total. The molecule has 128 valence electrons. The van der Waals surface area contributed by atoms with Gasteiger partial charge in [-0.2, -0.15) is 0 Å². The summed E-state index contributed by atoms with van der Waals surface area (Å²) in [5, 5.41) is 0. The summed E-state index contributed by atoms with van der Waals surface area (Å²) in [5.74, 6) is 0. The van der Waals surface area contributed by atoms with Crippen molar-refractivity contribution in [3.63, 3.8) is 0 Å². The number of benzene rings is 3. The van der Waals surface area contributed by atoms with Crippen LogP contribution in [0.15, 0.2) is 89.4 Å². The van der Waals surface area contributed by atoms with E-state index in [9.17, 15) is 0 Å². The molecule has 3 aromatic rings. The van der Waals surface area contributed by atoms with Gasteiger partial charge in [0, 0.05) is 4.47 Å². The molecule has 0 atom stereocenters. The van der Waals surface area contributed by atoms with Gasteiger partial charge in [-0.25, -0.2) is 6.57 Å². The normalized spacial score (nSPS) is 16.0. The fraction of sp³-hybridized carbons (Fsp3) is 0.174. The molecule has 0 spiro atoms. The molecule has 0 aromatic heterocycles. The lowest BCUT2D eigenvalue weighted by molar-refractivity contribution is 0.0645. The zero-order valence-electron chi connectivity index (χ0n) is 14.3. The third kappa shape index (κ3) is 2.96. The van der Waals surface area contributed by atoms with Crippen LogP contribution >= 0.6 is 15.9 Å². The van der Waals surface area contributed by atoms with E-state index >= 15 is 0 Å². The van der Waals surface area contributed by atoms with Crippen molar-refractivity contribution in [1.82, 2.24) is 4.90 Å². The van der Waals surface area contributed by atoms with E-state index in [1.54, 1.807) is 0 Å². The van der Waals surface area contributed by atoms with E-state index in [0.29, 0.717) is 0 Å². The second-order valence-corrected chi connectivity index (χ2v) is 7.61. The van der Waals surface area contributed by atoms with Crippen LogP contribution in [0.2, 0.25) is 0 Å². The van der Waals surface area contributed by atoms with Crippen LogP contribution in [0.4, 0.5) is 0 Å². The van der Waals surface area contributed by atoms with Crippen LogP contribution < -0.4 is 0 Å². The van der Waals surface area contributed by atoms with Gasteiger partial charge in [-0.3, -0.25) is 4.90 Å². The Bertz CT molecular complexity index is 886. The van der Waals surface area contributed by atoms with Crippen molar-refractivity contribution in [3.8, 4) is 0 Å². The summed E-state index contributed by atoms with van der Waals surface area (Å²) in [5.41, 5.74) is 3.15. The lowest BCUT2D eigenvalue weighted by Gasteiger charge is -2.46. The van der Waals surface area contributed by atoms with Gasteiger partial charge in [-0.05, 0) is 23.3 Å². The fourth-order valence-corrected chi connectivity index (χ4v) is 4.49. The van der Waals surface area contributed by atoms with Crippen molar-refractivity contribution in [1.29, 1.82) is 0 Å². The Balaban J connectivity index is 1.68. The van der Waals surface area contributed by atoms with Crippen LogP contribution in [-0.2, 0) is 5.54 Å². The average molecular weight is 403 g/mol. The molecule has 3 aromatic carbocycles. The van der Waals surface area contributed by atoms with Gasteiger partial charge in [0.2, 0.25) is 0 Å². The molecule has 0 saturated carbocycles. The summed E-state index contributed by atoms with van der Waals surface area (Å²) in [4.78, 5) is 6.46. The Labute approximate surface area is 163 Å². The van der Waals surface area contributed by atoms with Gasteiger partial charge in [0.05, 0.1) is 24.7 Å². The van der Waals surface area contributed by atoms with Crippen LogP contribution in [0.3, 0.4) is 0 Å². The van der Waals surface area contributed by atoms with Crippen molar-refractivity contribution >= 4 is 15.9 Å². The first-order valence-electron chi connectivity index (χ1n) is 8.71. The number of hydrogen-bond acceptors (Lipinski definition) is 1. The van der Waals surface area contributed by atoms with Crippen LogP contribution in [0.5, 0.6) is 0 Å². The summed E-state index contributed by atoms with van der Waals surface area (Å²) >= 11 is 3.63. The minimum Gasteiger partial charge on any atom is -0.302 e. The summed E-state index contributed by atoms with van der Waals surface area (Å²) in [7, 11) is 0. The summed E-state index contributed by atoms with van der Waals surface area (Å²) in [6, 6.07) is 29.4. The third-order valence-corrected chi connectivity index (χ3v) is 5.81. The van der Waals surface area contributed by atoms with Gasteiger partial charge < -0.3 is 4.85 Å². The van der Waals surface area contributed by atoms with E-state index in [1.165, 1.54) is 11.1 Å². The SMILES string of the molecule is [C-]#[N+]C1(c2ccccc2Br)CN(C(c2ccccc2)c2ccccc2)C1. The maximum Gasteiger partial charge on any atom is 0.283 e. The molecule has 0 N–H and O–H groups in total. The molecule has 1 aliphatic heterocycles. The van der Waals surface area contributed by atoms with E-state index in [1.807, 2.05) is 30.3 Å². The molecule has 1 heterocycles. The molecule has 1 aliphatic rings. The predicted octanol–water partition coefficient (Wildman–Crippen LogP) is 5.67. The first-order chi connectivity index (χ1) is 12.7. The minimum absolute atomic E-state index is 0.176. The highest BCUT2D eigenvalue weighted by Crippen LogP contribution is 2.45. The highest BCUT2D eigenvalue weighted by molar-refractivity contribution is 9.10. The molecule has 0 radical (unpaired) electrons. The van der Waals surface area contributed by atoms with Crippen molar-refractivity contribution in [2.45, 2.75) is 11.6 Å². The van der Waals surface area contributed by atoms with Crippen molar-refractivity contribution < 1.29 is 0 Å². The number of likely N-dealkylation sites (tertiary alicyclic amines) is 1. The zero-order valence-corrected chi connectivity index (χ0v) is 15.9. The summed E-state index contributed by atoms with van der Waals surface area (Å²) in [6.07, 6.45) is 0. The third-order valence-electron chi connectivity index (χ3n) is 5.11. The van der Waals surface area contributed by atoms with Crippen LogP contribution in [0.1, 0.15) is 22.7 Å². The standard InChI is InChI=1S/C23H19BrN2/c1-25-23(20-14-8-9-15-21(20)24)16-26(17-23)22(18-10-4-2-5-11-18)19-12-6-3-7-13-19/h2-15,22H,16-17H2. The molecule has 0 amide bonds. The quantitative estimate of drug-likeness (QED) is 0.510. The van der Waals surface area contributed by atoms with E-state index < -0.39 is 5.54 Å². The second-order valence-electron chi connectivity index (χ2n) is 6.75. The van der Waals surface area contributed by atoms with Crippen molar-refractivity contribution in [2.24, 2.45) is 0 Å². The van der Waals surface area contributed by atoms with Gasteiger partial charge in [-0.1, -0.05) is 88.7 Å². The highest BCUT2D eigenvalue weighted by Gasteiger charge is 2.54. The maximum absolute atomic E-state index is 7.86. The molecule has 0 aliphatic carbocycles. The Morgan fingerprint density at radius 2 is 1.31 bits per heavy atom. The number of rotatable bonds is 4. The minimum atomic E-state index is -0.470. The van der Waals surface area contributed by atoms with Gasteiger partial charge in [0.15, 0.2) is 0 Å². The largest absolute Gasteiger partial charge is 0.302 e. The van der Waals surface area contributed by atoms with Crippen molar-refractivity contribution in [2.75, 3.05) is 13.1 Å². The molecule has 3 heteroatoms. The topological polar surface area (TPSA) is 7.60 Å². The Hall–Kier alpha value is -2.41. The molecule has 26 heavy (non-hydrogen) atoms. The second kappa shape index (κ2) is 7.07. The average Bonchev–Trinajstić information content (AvgIpc) is 2.67. The van der Waals surface area contributed by atoms with E-state index in [2.05, 4.69) is 80.3 Å². The summed E-state index contributed by atoms with van der Waals surface area (Å²) < 4.78 is 1.02. The number of hydrogen-bond donors (Lipinski definition) is 0. The lowest BCUT2D eigenvalue weighted by Crippen LogP contribution is -2.58. The fourth-order valence-electron chi connectivity index (χ4n) is 3.83. The first kappa shape index (κ1) is 17.0. The Morgan fingerprint density at radius 1 is 0.808 bits per heavy atom. The van der Waals surface area contributed by atoms with Gasteiger partial charge in [0.1, 0.15) is 0 Å². The monoisotopic (exact) mass is 402 g/mol. The summed E-state index contributed by atoms with van der Waals surface area (Å²) in [6.45, 7) is 9.32. The highest BCUT2D eigenvalue weighted by atomic mass is 79.9. The van der Waals surface area contributed by atoms with Crippen LogP contribution in [0, 0.1) is 6.57 Å². The van der Waals surface area contributed by atoms with Gasteiger partial charge in [-0.15, -0.1) is 0 Å². The predicted molar refractivity (Wildman–Crippen MR) is 109 cm³/mol. The van der Waals surface area contributed by atoms with E-state index in [0.717, 1.165) is 23.1 Å². The molecule has 0 bridgehead atoms. The van der Waals surface area contributed by atoms with Gasteiger partial charge >= 0.3 is 0 Å². The van der Waals surface area contributed by atoms with Gasteiger partial charge in [0.25, 0.3) is 5.54 Å². The van der Waals surface area contributed by atoms with E-state index in [4.69, 9.17) is 6.57 Å². The maximum atomic E-state index is 7.86. The van der Waals surface area contributed by atoms with E-state index in [-0.39, 0.29) is 6.04 Å².